The van der Waals surface area contributed by atoms with E-state index in [9.17, 15) is 9.59 Å². The maximum absolute atomic E-state index is 13.5. The lowest BCUT2D eigenvalue weighted by molar-refractivity contribution is -0.902. The number of imide groups is 1. The highest BCUT2D eigenvalue weighted by atomic mass is 16.5. The first-order chi connectivity index (χ1) is 14.1. The summed E-state index contributed by atoms with van der Waals surface area (Å²) < 4.78 is 5.28. The molecule has 2 amide bonds. The van der Waals surface area contributed by atoms with Gasteiger partial charge < -0.3 is 14.5 Å². The third-order valence-corrected chi connectivity index (χ3v) is 5.71. The van der Waals surface area contributed by atoms with Crippen LogP contribution in [-0.4, -0.2) is 56.5 Å². The molecule has 150 valence electrons. The molecule has 29 heavy (non-hydrogen) atoms. The van der Waals surface area contributed by atoms with Crippen LogP contribution in [0.15, 0.2) is 54.7 Å². The van der Waals surface area contributed by atoms with E-state index in [0.29, 0.717) is 28.1 Å². The molecule has 0 unspecified atom stereocenters. The number of hydrogen-bond donors (Lipinski definition) is 1. The van der Waals surface area contributed by atoms with Crippen LogP contribution in [0.4, 0.5) is 5.69 Å². The van der Waals surface area contributed by atoms with Crippen molar-refractivity contribution < 1.29 is 19.2 Å². The molecule has 0 saturated carbocycles. The number of benzene rings is 2. The second-order valence-corrected chi connectivity index (χ2v) is 7.38. The summed E-state index contributed by atoms with van der Waals surface area (Å²) >= 11 is 0. The lowest BCUT2D eigenvalue weighted by Crippen LogP contribution is -3.14. The van der Waals surface area contributed by atoms with Crippen molar-refractivity contribution in [2.24, 2.45) is 0 Å². The number of quaternary nitrogens is 1. The number of methoxy groups -OCH3 is 1. The van der Waals surface area contributed by atoms with Gasteiger partial charge in [-0.25, -0.2) is 4.90 Å². The summed E-state index contributed by atoms with van der Waals surface area (Å²) in [5.41, 5.74) is 2.31. The molecule has 0 bridgehead atoms. The highest BCUT2D eigenvalue weighted by molar-refractivity contribution is 6.41. The molecular formula is C23H26N3O3+. The largest absolute Gasteiger partial charge is 0.497 e. The van der Waals surface area contributed by atoms with E-state index in [-0.39, 0.29) is 11.8 Å². The zero-order valence-electron chi connectivity index (χ0n) is 16.9. The molecule has 0 radical (unpaired) electrons. The van der Waals surface area contributed by atoms with Crippen LogP contribution in [-0.2, 0) is 4.79 Å². The van der Waals surface area contributed by atoms with Crippen LogP contribution in [0, 0.1) is 0 Å². The van der Waals surface area contributed by atoms with Gasteiger partial charge in [-0.2, -0.15) is 0 Å². The van der Waals surface area contributed by atoms with Gasteiger partial charge in [0.05, 0.1) is 51.1 Å². The number of fused-ring (bicyclic) bond motifs is 1. The number of rotatable bonds is 4. The molecule has 0 spiro atoms. The maximum Gasteiger partial charge on any atom is 0.267 e. The molecule has 2 aromatic rings. The van der Waals surface area contributed by atoms with Crippen molar-refractivity contribution in [2.75, 3.05) is 44.7 Å². The molecule has 1 fully saturated rings. The lowest BCUT2D eigenvalue weighted by atomic mass is 9.93. The van der Waals surface area contributed by atoms with Crippen molar-refractivity contribution in [3.63, 3.8) is 0 Å². The molecule has 2 aliphatic heterocycles. The first-order valence-electron chi connectivity index (χ1n) is 10.0. The van der Waals surface area contributed by atoms with Gasteiger partial charge in [0.2, 0.25) is 0 Å². The summed E-state index contributed by atoms with van der Waals surface area (Å²) in [7, 11) is 1.57. The van der Waals surface area contributed by atoms with E-state index in [4.69, 9.17) is 4.74 Å². The Morgan fingerprint density at radius 1 is 1.00 bits per heavy atom. The highest BCUT2D eigenvalue weighted by Gasteiger charge is 2.36. The van der Waals surface area contributed by atoms with Gasteiger partial charge in [0.15, 0.2) is 0 Å². The minimum Gasteiger partial charge on any atom is -0.497 e. The Balaban J connectivity index is 1.74. The number of anilines is 1. The fourth-order valence-electron chi connectivity index (χ4n) is 3.97. The second-order valence-electron chi connectivity index (χ2n) is 7.38. The SMILES string of the molecule is CC[NH+]1CCN(C=C2C(=O)N(c3cccc(OC)c3)C(=O)c3ccccc32)CC1. The Labute approximate surface area is 171 Å². The summed E-state index contributed by atoms with van der Waals surface area (Å²) in [6, 6.07) is 14.4. The number of hydrogen-bond acceptors (Lipinski definition) is 4. The van der Waals surface area contributed by atoms with Gasteiger partial charge in [-0.05, 0) is 25.1 Å². The molecule has 2 aliphatic rings. The summed E-state index contributed by atoms with van der Waals surface area (Å²) in [5.74, 6) is -0.00498. The average molecular weight is 392 g/mol. The van der Waals surface area contributed by atoms with Gasteiger partial charge >= 0.3 is 0 Å². The van der Waals surface area contributed by atoms with E-state index in [1.54, 1.807) is 42.3 Å². The van der Waals surface area contributed by atoms with E-state index >= 15 is 0 Å². The van der Waals surface area contributed by atoms with Crippen LogP contribution in [0.25, 0.3) is 5.57 Å². The average Bonchev–Trinajstić information content (AvgIpc) is 2.77. The Morgan fingerprint density at radius 3 is 2.41 bits per heavy atom. The number of piperazine rings is 1. The predicted octanol–water partition coefficient (Wildman–Crippen LogP) is 1.44. The van der Waals surface area contributed by atoms with Crippen LogP contribution in [0.3, 0.4) is 0 Å². The first-order valence-corrected chi connectivity index (χ1v) is 10.0. The van der Waals surface area contributed by atoms with Gasteiger partial charge in [-0.15, -0.1) is 0 Å². The van der Waals surface area contributed by atoms with Gasteiger partial charge in [0.1, 0.15) is 5.75 Å². The number of likely N-dealkylation sites (N-methyl/N-ethyl adjacent to an activating group) is 1. The molecule has 0 aliphatic carbocycles. The van der Waals surface area contributed by atoms with Crippen LogP contribution in [0.2, 0.25) is 0 Å². The summed E-state index contributed by atoms with van der Waals surface area (Å²) in [4.78, 5) is 31.6. The van der Waals surface area contributed by atoms with Gasteiger partial charge in [0.25, 0.3) is 11.8 Å². The molecule has 2 aromatic carbocycles. The van der Waals surface area contributed by atoms with Crippen molar-refractivity contribution in [3.8, 4) is 5.75 Å². The Bertz CT molecular complexity index is 961. The summed E-state index contributed by atoms with van der Waals surface area (Å²) in [5, 5.41) is 0. The van der Waals surface area contributed by atoms with Crippen molar-refractivity contribution in [3.05, 3.63) is 65.9 Å². The van der Waals surface area contributed by atoms with Gasteiger partial charge in [-0.3, -0.25) is 9.59 Å². The number of carbonyl (C=O) groups is 2. The second kappa shape index (κ2) is 8.09. The van der Waals surface area contributed by atoms with Crippen LogP contribution in [0.1, 0.15) is 22.8 Å². The van der Waals surface area contributed by atoms with E-state index in [1.807, 2.05) is 24.4 Å². The summed E-state index contributed by atoms with van der Waals surface area (Å²) in [6.45, 7) is 7.21. The highest BCUT2D eigenvalue weighted by Crippen LogP contribution is 2.33. The molecule has 0 atom stereocenters. The standard InChI is InChI=1S/C23H25N3O3/c1-3-24-11-13-25(14-12-24)16-21-19-9-4-5-10-20(19)22(27)26(23(21)28)17-7-6-8-18(15-17)29-2/h4-10,15-16H,3,11-14H2,1-2H3/p+1. The third kappa shape index (κ3) is 3.63. The van der Waals surface area contributed by atoms with Crippen LogP contribution < -0.4 is 14.5 Å². The zero-order valence-corrected chi connectivity index (χ0v) is 16.9. The topological polar surface area (TPSA) is 54.3 Å². The monoisotopic (exact) mass is 392 g/mol. The minimum atomic E-state index is -0.309. The molecule has 1 N–H and O–H groups in total. The smallest absolute Gasteiger partial charge is 0.267 e. The first kappa shape index (κ1) is 19.2. The molecular weight excluding hydrogens is 366 g/mol. The number of carbonyl (C=O) groups excluding carboxylic acids is 2. The number of nitrogens with one attached hydrogen (secondary N) is 1. The normalized spacial score (nSPS) is 18.9. The van der Waals surface area contributed by atoms with Gasteiger partial charge in [-0.1, -0.05) is 24.3 Å². The Kier molecular flexibility index (Phi) is 5.36. The van der Waals surface area contributed by atoms with E-state index in [2.05, 4.69) is 11.8 Å². The van der Waals surface area contributed by atoms with Crippen LogP contribution in [0.5, 0.6) is 5.75 Å². The molecule has 4 rings (SSSR count). The van der Waals surface area contributed by atoms with Crippen molar-refractivity contribution >= 4 is 23.1 Å². The zero-order chi connectivity index (χ0) is 20.4. The van der Waals surface area contributed by atoms with E-state index in [0.717, 1.165) is 32.7 Å². The van der Waals surface area contributed by atoms with Gasteiger partial charge in [0, 0.05) is 23.4 Å². The molecule has 1 saturated heterocycles. The Morgan fingerprint density at radius 2 is 1.72 bits per heavy atom. The molecule has 2 heterocycles. The third-order valence-electron chi connectivity index (χ3n) is 5.71. The summed E-state index contributed by atoms with van der Waals surface area (Å²) in [6.07, 6.45) is 1.94. The van der Waals surface area contributed by atoms with Crippen LogP contribution >= 0.6 is 0 Å². The fourth-order valence-corrected chi connectivity index (χ4v) is 3.97. The molecule has 0 aromatic heterocycles. The molecule has 6 nitrogen and oxygen atoms in total. The minimum absolute atomic E-state index is 0.299. The van der Waals surface area contributed by atoms with E-state index in [1.165, 1.54) is 4.90 Å². The van der Waals surface area contributed by atoms with Crippen molar-refractivity contribution in [1.82, 2.24) is 4.90 Å². The number of amides is 2. The van der Waals surface area contributed by atoms with E-state index < -0.39 is 0 Å². The molecule has 6 heteroatoms. The number of nitrogens with zero attached hydrogens (tertiary/aromatic N) is 2. The predicted molar refractivity (Wildman–Crippen MR) is 112 cm³/mol. The van der Waals surface area contributed by atoms with Crippen molar-refractivity contribution in [2.45, 2.75) is 6.92 Å². The fraction of sp³-hybridized carbons (Fsp3) is 0.304. The Hall–Kier alpha value is -3.12. The lowest BCUT2D eigenvalue weighted by Gasteiger charge is -2.33. The number of ether oxygens (including phenoxy) is 1. The quantitative estimate of drug-likeness (QED) is 0.632. The maximum atomic E-state index is 13.5. The van der Waals surface area contributed by atoms with Crippen molar-refractivity contribution in [1.29, 1.82) is 0 Å².